The minimum absolute atomic E-state index is 0.591. The van der Waals surface area contributed by atoms with Crippen LogP contribution in [-0.2, 0) is 0 Å². The van der Waals surface area contributed by atoms with Crippen LogP contribution in [0.3, 0.4) is 0 Å². The fourth-order valence-corrected chi connectivity index (χ4v) is 2.75. The molecule has 0 amide bonds. The van der Waals surface area contributed by atoms with E-state index < -0.39 is 0 Å². The molecule has 3 rings (SSSR count). The Morgan fingerprint density at radius 3 is 2.63 bits per heavy atom. The van der Waals surface area contributed by atoms with E-state index in [-0.39, 0.29) is 0 Å². The summed E-state index contributed by atoms with van der Waals surface area (Å²) in [4.78, 5) is 4.36. The molecule has 19 heavy (non-hydrogen) atoms. The topological polar surface area (TPSA) is 48.1 Å². The van der Waals surface area contributed by atoms with Gasteiger partial charge in [-0.15, -0.1) is 11.3 Å². The number of rotatable bonds is 3. The van der Waals surface area contributed by atoms with Gasteiger partial charge >= 0.3 is 0 Å². The van der Waals surface area contributed by atoms with Crippen LogP contribution in [0, 0.1) is 0 Å². The molecule has 4 heteroatoms. The summed E-state index contributed by atoms with van der Waals surface area (Å²) in [6.07, 6.45) is 0. The lowest BCUT2D eigenvalue weighted by Gasteiger charge is -2.10. The second-order valence-electron chi connectivity index (χ2n) is 4.16. The molecule has 3 nitrogen and oxygen atoms in total. The molecule has 2 aromatic carbocycles. The van der Waals surface area contributed by atoms with Gasteiger partial charge in [-0.05, 0) is 24.4 Å². The van der Waals surface area contributed by atoms with Crippen molar-refractivity contribution in [2.45, 2.75) is 6.92 Å². The molecule has 0 aliphatic carbocycles. The number of anilines is 1. The van der Waals surface area contributed by atoms with E-state index in [2.05, 4.69) is 17.1 Å². The molecule has 0 unspecified atom stereocenters. The monoisotopic (exact) mass is 270 g/mol. The van der Waals surface area contributed by atoms with Crippen molar-refractivity contribution in [2.75, 3.05) is 12.3 Å². The molecule has 1 heterocycles. The van der Waals surface area contributed by atoms with E-state index in [4.69, 9.17) is 10.5 Å². The van der Waals surface area contributed by atoms with Crippen molar-refractivity contribution in [3.63, 3.8) is 0 Å². The fourth-order valence-electron chi connectivity index (χ4n) is 2.19. The number of hydrogen-bond acceptors (Lipinski definition) is 4. The number of nitrogens with two attached hydrogens (primary N) is 1. The Balaban J connectivity index is 2.24. The Hall–Kier alpha value is -2.07. The standard InChI is InChI=1S/C15H14N2OS/c1-2-18-14-8-7-11(13-9-19-15(16)17-13)10-5-3-4-6-12(10)14/h3-9H,2H2,1H3,(H2,16,17). The van der Waals surface area contributed by atoms with Gasteiger partial charge in [0, 0.05) is 16.3 Å². The molecule has 0 spiro atoms. The predicted molar refractivity (Wildman–Crippen MR) is 80.6 cm³/mol. The van der Waals surface area contributed by atoms with Gasteiger partial charge in [0.05, 0.1) is 12.3 Å². The number of nitrogen functional groups attached to an aromatic ring is 1. The van der Waals surface area contributed by atoms with Gasteiger partial charge in [-0.1, -0.05) is 24.3 Å². The summed E-state index contributed by atoms with van der Waals surface area (Å²) in [6, 6.07) is 12.2. The minimum Gasteiger partial charge on any atom is -0.493 e. The molecule has 2 N–H and O–H groups in total. The molecule has 0 saturated carbocycles. The maximum atomic E-state index is 5.72. The molecule has 0 saturated heterocycles. The number of benzene rings is 2. The first-order valence-electron chi connectivity index (χ1n) is 6.15. The normalized spacial score (nSPS) is 10.8. The zero-order valence-corrected chi connectivity index (χ0v) is 11.4. The van der Waals surface area contributed by atoms with Crippen LogP contribution in [0.1, 0.15) is 6.92 Å². The Morgan fingerprint density at radius 2 is 1.95 bits per heavy atom. The third-order valence-corrected chi connectivity index (χ3v) is 3.66. The maximum Gasteiger partial charge on any atom is 0.180 e. The van der Waals surface area contributed by atoms with Gasteiger partial charge in [0.1, 0.15) is 5.75 Å². The van der Waals surface area contributed by atoms with Crippen LogP contribution in [0.2, 0.25) is 0 Å². The summed E-state index contributed by atoms with van der Waals surface area (Å²) in [5.74, 6) is 0.907. The van der Waals surface area contributed by atoms with Crippen LogP contribution < -0.4 is 10.5 Å². The number of ether oxygens (including phenoxy) is 1. The van der Waals surface area contributed by atoms with Gasteiger partial charge in [-0.25, -0.2) is 4.98 Å². The number of nitrogens with zero attached hydrogens (tertiary/aromatic N) is 1. The summed E-state index contributed by atoms with van der Waals surface area (Å²) in [6.45, 7) is 2.65. The lowest BCUT2D eigenvalue weighted by Crippen LogP contribution is -1.93. The lowest BCUT2D eigenvalue weighted by molar-refractivity contribution is 0.344. The second-order valence-corrected chi connectivity index (χ2v) is 5.05. The van der Waals surface area contributed by atoms with E-state index in [0.29, 0.717) is 11.7 Å². The van der Waals surface area contributed by atoms with Gasteiger partial charge in [0.25, 0.3) is 0 Å². The highest BCUT2D eigenvalue weighted by Crippen LogP contribution is 2.35. The molecule has 0 aliphatic heterocycles. The van der Waals surface area contributed by atoms with Crippen LogP contribution in [0.15, 0.2) is 41.8 Å². The van der Waals surface area contributed by atoms with Crippen molar-refractivity contribution >= 4 is 27.2 Å². The number of thiazole rings is 1. The van der Waals surface area contributed by atoms with Crippen LogP contribution >= 0.6 is 11.3 Å². The van der Waals surface area contributed by atoms with Crippen molar-refractivity contribution < 1.29 is 4.74 Å². The molecule has 1 aromatic heterocycles. The average Bonchev–Trinajstić information content (AvgIpc) is 2.86. The first kappa shape index (κ1) is 12.0. The van der Waals surface area contributed by atoms with Gasteiger partial charge in [-0.2, -0.15) is 0 Å². The third-order valence-electron chi connectivity index (χ3n) is 2.98. The fraction of sp³-hybridized carbons (Fsp3) is 0.133. The van der Waals surface area contributed by atoms with Crippen molar-refractivity contribution in [3.05, 3.63) is 41.8 Å². The molecular weight excluding hydrogens is 256 g/mol. The number of hydrogen-bond donors (Lipinski definition) is 1. The van der Waals surface area contributed by atoms with E-state index in [1.165, 1.54) is 11.3 Å². The first-order valence-corrected chi connectivity index (χ1v) is 7.03. The maximum absolute atomic E-state index is 5.72. The first-order chi connectivity index (χ1) is 9.29. The molecule has 96 valence electrons. The van der Waals surface area contributed by atoms with Crippen molar-refractivity contribution in [2.24, 2.45) is 0 Å². The Kier molecular flexibility index (Phi) is 3.09. The molecule has 0 atom stereocenters. The van der Waals surface area contributed by atoms with E-state index >= 15 is 0 Å². The number of aromatic nitrogens is 1. The van der Waals surface area contributed by atoms with Crippen molar-refractivity contribution in [1.29, 1.82) is 0 Å². The number of fused-ring (bicyclic) bond motifs is 1. The second kappa shape index (κ2) is 4.90. The molecular formula is C15H14N2OS. The highest BCUT2D eigenvalue weighted by molar-refractivity contribution is 7.13. The molecule has 0 aliphatic rings. The SMILES string of the molecule is CCOc1ccc(-c2csc(N)n2)c2ccccc12. The van der Waals surface area contributed by atoms with E-state index in [1.807, 2.05) is 36.6 Å². The van der Waals surface area contributed by atoms with E-state index in [0.717, 1.165) is 27.8 Å². The van der Waals surface area contributed by atoms with Gasteiger partial charge in [0.2, 0.25) is 0 Å². The molecule has 3 aromatic rings. The summed E-state index contributed by atoms with van der Waals surface area (Å²) in [7, 11) is 0. The summed E-state index contributed by atoms with van der Waals surface area (Å²) < 4.78 is 5.67. The average molecular weight is 270 g/mol. The molecule has 0 bridgehead atoms. The molecule has 0 fully saturated rings. The highest BCUT2D eigenvalue weighted by Gasteiger charge is 2.10. The largest absolute Gasteiger partial charge is 0.493 e. The smallest absolute Gasteiger partial charge is 0.180 e. The lowest BCUT2D eigenvalue weighted by atomic mass is 10.0. The van der Waals surface area contributed by atoms with Crippen molar-refractivity contribution in [3.8, 4) is 17.0 Å². The van der Waals surface area contributed by atoms with Crippen LogP contribution in [0.5, 0.6) is 5.75 Å². The van der Waals surface area contributed by atoms with Crippen LogP contribution in [-0.4, -0.2) is 11.6 Å². The minimum atomic E-state index is 0.591. The quantitative estimate of drug-likeness (QED) is 0.784. The highest BCUT2D eigenvalue weighted by atomic mass is 32.1. The summed E-state index contributed by atoms with van der Waals surface area (Å²) in [5, 5.41) is 4.82. The van der Waals surface area contributed by atoms with Crippen molar-refractivity contribution in [1.82, 2.24) is 4.98 Å². The van der Waals surface area contributed by atoms with Gasteiger partial charge in [-0.3, -0.25) is 0 Å². The Morgan fingerprint density at radius 1 is 1.16 bits per heavy atom. The summed E-state index contributed by atoms with van der Waals surface area (Å²) >= 11 is 1.46. The molecule has 0 radical (unpaired) electrons. The van der Waals surface area contributed by atoms with Crippen LogP contribution in [0.4, 0.5) is 5.13 Å². The summed E-state index contributed by atoms with van der Waals surface area (Å²) in [5.41, 5.74) is 7.73. The van der Waals surface area contributed by atoms with E-state index in [1.54, 1.807) is 0 Å². The zero-order chi connectivity index (χ0) is 13.2. The van der Waals surface area contributed by atoms with Crippen LogP contribution in [0.25, 0.3) is 22.0 Å². The Labute approximate surface area is 115 Å². The van der Waals surface area contributed by atoms with Gasteiger partial charge in [0.15, 0.2) is 5.13 Å². The van der Waals surface area contributed by atoms with Gasteiger partial charge < -0.3 is 10.5 Å². The predicted octanol–water partition coefficient (Wildman–Crippen LogP) is 3.94. The Bertz CT molecular complexity index is 721. The third kappa shape index (κ3) is 2.15. The van der Waals surface area contributed by atoms with E-state index in [9.17, 15) is 0 Å². The zero-order valence-electron chi connectivity index (χ0n) is 10.6.